The molecule has 0 aliphatic carbocycles. The van der Waals surface area contributed by atoms with Crippen LogP contribution < -0.4 is 5.73 Å². The molecule has 0 saturated carbocycles. The normalized spacial score (nSPS) is 14.2. The molecule has 0 spiro atoms. The SMILES string of the molecule is C\C=C/C(N)=N\C=C\CC(=O)OC(C)(C)CC(C)(C)C. The summed E-state index contributed by atoms with van der Waals surface area (Å²) in [5, 5.41) is 0. The Balaban J connectivity index is 4.30. The molecule has 0 bridgehead atoms. The van der Waals surface area contributed by atoms with E-state index in [9.17, 15) is 4.79 Å². The number of rotatable bonds is 6. The Bertz CT molecular complexity index is 399. The lowest BCUT2D eigenvalue weighted by atomic mass is 9.83. The van der Waals surface area contributed by atoms with Gasteiger partial charge in [-0.05, 0) is 38.7 Å². The van der Waals surface area contributed by atoms with Gasteiger partial charge in [-0.2, -0.15) is 0 Å². The minimum Gasteiger partial charge on any atom is -0.459 e. The van der Waals surface area contributed by atoms with Gasteiger partial charge >= 0.3 is 5.97 Å². The van der Waals surface area contributed by atoms with Crippen molar-refractivity contribution >= 4 is 11.8 Å². The van der Waals surface area contributed by atoms with E-state index < -0.39 is 5.60 Å². The molecular formula is C16H28N2O2. The summed E-state index contributed by atoms with van der Waals surface area (Å²) in [6, 6.07) is 0. The summed E-state index contributed by atoms with van der Waals surface area (Å²) in [5.74, 6) is 0.153. The molecule has 0 aliphatic rings. The number of hydrogen-bond donors (Lipinski definition) is 1. The van der Waals surface area contributed by atoms with Crippen molar-refractivity contribution in [1.82, 2.24) is 0 Å². The summed E-state index contributed by atoms with van der Waals surface area (Å²) >= 11 is 0. The van der Waals surface area contributed by atoms with E-state index in [0.717, 1.165) is 6.42 Å². The molecule has 0 rings (SSSR count). The van der Waals surface area contributed by atoms with Gasteiger partial charge < -0.3 is 10.5 Å². The zero-order chi connectivity index (χ0) is 15.8. The van der Waals surface area contributed by atoms with Crippen LogP contribution in [-0.2, 0) is 9.53 Å². The van der Waals surface area contributed by atoms with Crippen molar-refractivity contribution in [3.8, 4) is 0 Å². The van der Waals surface area contributed by atoms with Gasteiger partial charge in [0, 0.05) is 6.20 Å². The van der Waals surface area contributed by atoms with Crippen LogP contribution in [-0.4, -0.2) is 17.4 Å². The van der Waals surface area contributed by atoms with Crippen LogP contribution in [0.2, 0.25) is 0 Å². The van der Waals surface area contributed by atoms with Crippen LogP contribution >= 0.6 is 0 Å². The molecule has 0 aromatic heterocycles. The zero-order valence-electron chi connectivity index (χ0n) is 13.6. The lowest BCUT2D eigenvalue weighted by Gasteiger charge is -2.32. The summed E-state index contributed by atoms with van der Waals surface area (Å²) in [7, 11) is 0. The van der Waals surface area contributed by atoms with Gasteiger partial charge in [-0.1, -0.05) is 32.9 Å². The zero-order valence-corrected chi connectivity index (χ0v) is 13.6. The number of allylic oxidation sites excluding steroid dienone is 1. The van der Waals surface area contributed by atoms with Gasteiger partial charge in [0.1, 0.15) is 11.4 Å². The molecule has 0 aromatic rings. The summed E-state index contributed by atoms with van der Waals surface area (Å²) in [4.78, 5) is 15.7. The first-order valence-corrected chi connectivity index (χ1v) is 6.88. The molecule has 0 heterocycles. The molecule has 0 amide bonds. The fraction of sp³-hybridized carbons (Fsp3) is 0.625. The number of aliphatic imine (C=N–C) groups is 1. The summed E-state index contributed by atoms with van der Waals surface area (Å²) in [5.41, 5.74) is 5.22. The first kappa shape index (κ1) is 18.4. The largest absolute Gasteiger partial charge is 0.459 e. The van der Waals surface area contributed by atoms with Crippen molar-refractivity contribution in [2.75, 3.05) is 0 Å². The van der Waals surface area contributed by atoms with Crippen LogP contribution in [0.15, 0.2) is 29.4 Å². The van der Waals surface area contributed by atoms with Crippen molar-refractivity contribution in [2.45, 2.75) is 60.0 Å². The number of nitrogens with two attached hydrogens (primary N) is 1. The van der Waals surface area contributed by atoms with Crippen molar-refractivity contribution in [3.63, 3.8) is 0 Å². The highest BCUT2D eigenvalue weighted by atomic mass is 16.6. The first-order chi connectivity index (χ1) is 9.06. The van der Waals surface area contributed by atoms with Crippen LogP contribution in [0.1, 0.15) is 54.4 Å². The van der Waals surface area contributed by atoms with E-state index >= 15 is 0 Å². The molecule has 0 radical (unpaired) electrons. The maximum atomic E-state index is 11.7. The Morgan fingerprint density at radius 1 is 1.25 bits per heavy atom. The number of esters is 1. The van der Waals surface area contributed by atoms with Gasteiger partial charge in [0.15, 0.2) is 0 Å². The second-order valence-corrected chi connectivity index (χ2v) is 6.61. The molecular weight excluding hydrogens is 252 g/mol. The van der Waals surface area contributed by atoms with Crippen LogP contribution in [0, 0.1) is 5.41 Å². The lowest BCUT2D eigenvalue weighted by molar-refractivity contribution is -0.157. The van der Waals surface area contributed by atoms with Gasteiger partial charge in [-0.15, -0.1) is 0 Å². The van der Waals surface area contributed by atoms with Gasteiger partial charge in [0.2, 0.25) is 0 Å². The molecule has 0 fully saturated rings. The maximum Gasteiger partial charge on any atom is 0.310 e. The second kappa shape index (κ2) is 7.88. The third-order valence-corrected chi connectivity index (χ3v) is 2.30. The number of nitrogens with zero attached hydrogens (tertiary/aromatic N) is 1. The van der Waals surface area contributed by atoms with Gasteiger partial charge in [-0.25, -0.2) is 4.99 Å². The smallest absolute Gasteiger partial charge is 0.310 e. The van der Waals surface area contributed by atoms with Gasteiger partial charge in [-0.3, -0.25) is 4.79 Å². The van der Waals surface area contributed by atoms with E-state index in [4.69, 9.17) is 10.5 Å². The lowest BCUT2D eigenvalue weighted by Crippen LogP contribution is -2.32. The predicted octanol–water partition coefficient (Wildman–Crippen LogP) is 3.58. The first-order valence-electron chi connectivity index (χ1n) is 6.88. The monoisotopic (exact) mass is 280 g/mol. The van der Waals surface area contributed by atoms with Crippen LogP contribution in [0.4, 0.5) is 0 Å². The van der Waals surface area contributed by atoms with Crippen molar-refractivity contribution in [2.24, 2.45) is 16.1 Å². The Kier molecular flexibility index (Phi) is 7.25. The molecule has 0 aromatic carbocycles. The average molecular weight is 280 g/mol. The van der Waals surface area contributed by atoms with E-state index in [1.165, 1.54) is 6.20 Å². The topological polar surface area (TPSA) is 64.7 Å². The van der Waals surface area contributed by atoms with Crippen LogP contribution in [0.5, 0.6) is 0 Å². The highest BCUT2D eigenvalue weighted by Gasteiger charge is 2.28. The fourth-order valence-corrected chi connectivity index (χ4v) is 2.16. The Morgan fingerprint density at radius 3 is 2.35 bits per heavy atom. The van der Waals surface area contributed by atoms with Crippen molar-refractivity contribution in [1.29, 1.82) is 0 Å². The number of carbonyl (C=O) groups excluding carboxylic acids is 1. The molecule has 0 saturated heterocycles. The molecule has 4 nitrogen and oxygen atoms in total. The van der Waals surface area contributed by atoms with Crippen molar-refractivity contribution < 1.29 is 9.53 Å². The van der Waals surface area contributed by atoms with Crippen LogP contribution in [0.3, 0.4) is 0 Å². The Morgan fingerprint density at radius 2 is 1.85 bits per heavy atom. The molecule has 0 aliphatic heterocycles. The highest BCUT2D eigenvalue weighted by Crippen LogP contribution is 2.29. The van der Waals surface area contributed by atoms with Gasteiger partial charge in [0.05, 0.1) is 6.42 Å². The minimum atomic E-state index is -0.462. The maximum absolute atomic E-state index is 11.7. The third-order valence-electron chi connectivity index (χ3n) is 2.30. The quantitative estimate of drug-likeness (QED) is 0.459. The molecule has 2 N–H and O–H groups in total. The summed E-state index contributed by atoms with van der Waals surface area (Å²) < 4.78 is 5.48. The average Bonchev–Trinajstić information content (AvgIpc) is 2.20. The molecule has 0 atom stereocenters. The Hall–Kier alpha value is -1.58. The molecule has 114 valence electrons. The van der Waals surface area contributed by atoms with Crippen molar-refractivity contribution in [3.05, 3.63) is 24.4 Å². The highest BCUT2D eigenvalue weighted by molar-refractivity contribution is 5.91. The number of carbonyl (C=O) groups is 1. The van der Waals surface area contributed by atoms with E-state index in [1.54, 1.807) is 18.2 Å². The second-order valence-electron chi connectivity index (χ2n) is 6.61. The number of hydrogen-bond acceptors (Lipinski definition) is 3. The van der Waals surface area contributed by atoms with E-state index in [1.807, 2.05) is 20.8 Å². The standard InChI is InChI=1S/C16H28N2O2/c1-7-9-13(17)18-11-8-10-14(19)20-16(5,6)12-15(2,3)4/h7-9,11H,10,12H2,1-6H3,(H2,17,18)/b9-7-,11-8+. The third kappa shape index (κ3) is 10.4. The molecule has 0 unspecified atom stereocenters. The predicted molar refractivity (Wildman–Crippen MR) is 84.4 cm³/mol. The van der Waals surface area contributed by atoms with Crippen LogP contribution in [0.25, 0.3) is 0 Å². The number of ether oxygens (including phenoxy) is 1. The van der Waals surface area contributed by atoms with E-state index in [-0.39, 0.29) is 17.8 Å². The fourth-order valence-electron chi connectivity index (χ4n) is 2.16. The molecule has 20 heavy (non-hydrogen) atoms. The van der Waals surface area contributed by atoms with E-state index in [2.05, 4.69) is 25.8 Å². The Labute approximate surface area is 122 Å². The van der Waals surface area contributed by atoms with E-state index in [0.29, 0.717) is 5.84 Å². The summed E-state index contributed by atoms with van der Waals surface area (Å²) in [6.07, 6.45) is 7.66. The van der Waals surface area contributed by atoms with Gasteiger partial charge in [0.25, 0.3) is 0 Å². The molecule has 4 heteroatoms. The minimum absolute atomic E-state index is 0.116. The number of amidine groups is 1. The summed E-state index contributed by atoms with van der Waals surface area (Å²) in [6.45, 7) is 12.1.